The van der Waals surface area contributed by atoms with E-state index in [2.05, 4.69) is 182 Å². The fourth-order valence-corrected chi connectivity index (χ4v) is 11.6. The molecule has 0 radical (unpaired) electrons. The average molecular weight is 828 g/mol. The largest absolute Gasteiger partial charge is 0.208 e. The normalized spacial score (nSPS) is 12.7. The zero-order valence-electron chi connectivity index (χ0n) is 33.6. The van der Waals surface area contributed by atoms with E-state index in [-0.39, 0.29) is 0 Å². The molecular weight excluding hydrogens is 791 g/mol. The zero-order valence-corrected chi connectivity index (χ0v) is 35.3. The first-order valence-corrected chi connectivity index (χ1v) is 22.7. The molecule has 0 unspecified atom stereocenters. The zero-order chi connectivity index (χ0) is 41.0. The van der Waals surface area contributed by atoms with E-state index in [1.165, 1.54) is 84.9 Å². The van der Waals surface area contributed by atoms with Crippen LogP contribution >= 0.6 is 22.7 Å². The Morgan fingerprint density at radius 1 is 0.371 bits per heavy atom. The monoisotopic (exact) mass is 827 g/mol. The minimum Gasteiger partial charge on any atom is -0.208 e. The standard InChI is InChI=1S/C57H37N3S2/c1-6-16-36(17-7-1)43-28-30-45-47-34-41(26-32-49(47)61-53(45)51(43)38-20-10-3-11-21-38)56-58-55(40-24-14-5-15-25-40)59-57(60-56)42-27-33-50-48(35-42)46-31-29-44(37-18-8-2-9-19-37)52(54(46)62-50)39-22-12-4-13-23-39/h1-12,14-22,24-35H,13,23H2. The molecule has 1 aliphatic rings. The van der Waals surface area contributed by atoms with Crippen molar-refractivity contribution in [2.45, 2.75) is 12.8 Å². The highest BCUT2D eigenvalue weighted by Crippen LogP contribution is 2.47. The van der Waals surface area contributed by atoms with E-state index < -0.39 is 0 Å². The summed E-state index contributed by atoms with van der Waals surface area (Å²) in [6, 6.07) is 65.1. The third-order valence-corrected chi connectivity index (χ3v) is 14.4. The van der Waals surface area contributed by atoms with Crippen LogP contribution in [0.5, 0.6) is 0 Å². The van der Waals surface area contributed by atoms with Gasteiger partial charge in [-0.05, 0) is 82.6 Å². The summed E-state index contributed by atoms with van der Waals surface area (Å²) >= 11 is 3.73. The van der Waals surface area contributed by atoms with E-state index in [1.807, 2.05) is 40.9 Å². The van der Waals surface area contributed by atoms with Gasteiger partial charge in [0.1, 0.15) is 0 Å². The number of rotatable bonds is 7. The van der Waals surface area contributed by atoms with Crippen molar-refractivity contribution in [2.75, 3.05) is 0 Å². The second-order valence-corrected chi connectivity index (χ2v) is 17.9. The Morgan fingerprint density at radius 3 is 1.32 bits per heavy atom. The summed E-state index contributed by atoms with van der Waals surface area (Å²) in [5.74, 6) is 1.97. The van der Waals surface area contributed by atoms with Crippen molar-refractivity contribution in [1.29, 1.82) is 0 Å². The van der Waals surface area contributed by atoms with Gasteiger partial charge in [0, 0.05) is 68.2 Å². The van der Waals surface area contributed by atoms with Crippen LogP contribution in [0, 0.1) is 0 Å². The van der Waals surface area contributed by atoms with Crippen LogP contribution in [0.1, 0.15) is 18.4 Å². The van der Waals surface area contributed by atoms with E-state index in [0.717, 1.165) is 29.5 Å². The van der Waals surface area contributed by atoms with Crippen molar-refractivity contribution < 1.29 is 0 Å². The Kier molecular flexibility index (Phi) is 9.02. The molecule has 3 nitrogen and oxygen atoms in total. The number of hydrogen-bond acceptors (Lipinski definition) is 5. The van der Waals surface area contributed by atoms with Crippen LogP contribution in [0.3, 0.4) is 0 Å². The molecule has 0 aliphatic heterocycles. The van der Waals surface area contributed by atoms with Crippen LogP contribution in [0.25, 0.3) is 113 Å². The third-order valence-electron chi connectivity index (χ3n) is 12.0. The van der Waals surface area contributed by atoms with E-state index in [9.17, 15) is 0 Å². The van der Waals surface area contributed by atoms with Crippen molar-refractivity contribution in [3.8, 4) is 67.5 Å². The first-order valence-electron chi connectivity index (χ1n) is 21.1. The Bertz CT molecular complexity index is 3550. The van der Waals surface area contributed by atoms with E-state index in [1.54, 1.807) is 0 Å². The van der Waals surface area contributed by atoms with Gasteiger partial charge in [-0.25, -0.2) is 15.0 Å². The van der Waals surface area contributed by atoms with Gasteiger partial charge >= 0.3 is 0 Å². The SMILES string of the molecule is C1=CCCC(c2c(-c3ccccc3)ccc3c2sc2ccc(-c4nc(-c5ccccc5)nc(-c5ccc6sc7c(-c8ccccc8)c(-c8ccccc8)ccc7c6c5)n4)cc23)=C1. The van der Waals surface area contributed by atoms with Crippen LogP contribution in [-0.4, -0.2) is 15.0 Å². The molecule has 0 saturated carbocycles. The number of thiophene rings is 2. The summed E-state index contributed by atoms with van der Waals surface area (Å²) < 4.78 is 5.08. The molecule has 8 aromatic carbocycles. The molecule has 0 spiro atoms. The van der Waals surface area contributed by atoms with Gasteiger partial charge in [-0.2, -0.15) is 0 Å². The molecule has 0 amide bonds. The highest BCUT2D eigenvalue weighted by molar-refractivity contribution is 7.26. The lowest BCUT2D eigenvalue weighted by atomic mass is 9.89. The molecule has 62 heavy (non-hydrogen) atoms. The molecule has 0 atom stereocenters. The van der Waals surface area contributed by atoms with Crippen LogP contribution in [0.2, 0.25) is 0 Å². The summed E-state index contributed by atoms with van der Waals surface area (Å²) in [4.78, 5) is 15.6. The number of fused-ring (bicyclic) bond motifs is 6. The molecule has 292 valence electrons. The Hall–Kier alpha value is -7.31. The van der Waals surface area contributed by atoms with E-state index >= 15 is 0 Å². The molecule has 1 aliphatic carbocycles. The number of aromatic nitrogens is 3. The molecule has 0 bridgehead atoms. The quantitative estimate of drug-likeness (QED) is 0.161. The van der Waals surface area contributed by atoms with Crippen molar-refractivity contribution >= 4 is 68.6 Å². The first kappa shape index (κ1) is 36.5. The van der Waals surface area contributed by atoms with Crippen molar-refractivity contribution in [2.24, 2.45) is 0 Å². The fraction of sp³-hybridized carbons (Fsp3) is 0.0351. The fourth-order valence-electron chi connectivity index (χ4n) is 9.05. The van der Waals surface area contributed by atoms with E-state index in [0.29, 0.717) is 17.5 Å². The highest BCUT2D eigenvalue weighted by Gasteiger charge is 2.21. The van der Waals surface area contributed by atoms with Gasteiger partial charge in [-0.3, -0.25) is 0 Å². The maximum absolute atomic E-state index is 5.27. The van der Waals surface area contributed by atoms with Gasteiger partial charge in [0.25, 0.3) is 0 Å². The molecule has 11 aromatic rings. The molecule has 12 rings (SSSR count). The summed E-state index contributed by atoms with van der Waals surface area (Å²) in [5.41, 5.74) is 13.1. The minimum atomic E-state index is 0.654. The second-order valence-electron chi connectivity index (χ2n) is 15.8. The summed E-state index contributed by atoms with van der Waals surface area (Å²) in [6.07, 6.45) is 8.86. The van der Waals surface area contributed by atoms with Gasteiger partial charge in [0.15, 0.2) is 17.5 Å². The van der Waals surface area contributed by atoms with Crippen LogP contribution < -0.4 is 0 Å². The maximum Gasteiger partial charge on any atom is 0.164 e. The van der Waals surface area contributed by atoms with Gasteiger partial charge < -0.3 is 0 Å². The lowest BCUT2D eigenvalue weighted by Crippen LogP contribution is -2.00. The van der Waals surface area contributed by atoms with Gasteiger partial charge in [-0.1, -0.05) is 164 Å². The minimum absolute atomic E-state index is 0.654. The van der Waals surface area contributed by atoms with Gasteiger partial charge in [0.05, 0.1) is 0 Å². The molecule has 0 N–H and O–H groups in total. The third kappa shape index (κ3) is 6.37. The van der Waals surface area contributed by atoms with Crippen molar-refractivity contribution in [3.05, 3.63) is 206 Å². The average Bonchev–Trinajstić information content (AvgIpc) is 3.92. The number of allylic oxidation sites excluding steroid dienone is 4. The summed E-state index contributed by atoms with van der Waals surface area (Å²) in [7, 11) is 0. The van der Waals surface area contributed by atoms with Gasteiger partial charge in [-0.15, -0.1) is 22.7 Å². The van der Waals surface area contributed by atoms with Crippen molar-refractivity contribution in [3.63, 3.8) is 0 Å². The summed E-state index contributed by atoms with van der Waals surface area (Å²) in [6.45, 7) is 0. The number of benzene rings is 8. The Morgan fingerprint density at radius 2 is 0.823 bits per heavy atom. The van der Waals surface area contributed by atoms with Crippen LogP contribution in [0.15, 0.2) is 200 Å². The molecular formula is C57H37N3S2. The predicted octanol–water partition coefficient (Wildman–Crippen LogP) is 16.3. The summed E-state index contributed by atoms with van der Waals surface area (Å²) in [5, 5.41) is 4.90. The van der Waals surface area contributed by atoms with Crippen LogP contribution in [-0.2, 0) is 0 Å². The first-order chi connectivity index (χ1) is 30.7. The molecule has 3 aromatic heterocycles. The lowest BCUT2D eigenvalue weighted by molar-refractivity contribution is 1.06. The van der Waals surface area contributed by atoms with Crippen LogP contribution in [0.4, 0.5) is 0 Å². The predicted molar refractivity (Wildman–Crippen MR) is 265 cm³/mol. The number of nitrogens with zero attached hydrogens (tertiary/aromatic N) is 3. The number of hydrogen-bond donors (Lipinski definition) is 0. The topological polar surface area (TPSA) is 38.7 Å². The highest BCUT2D eigenvalue weighted by atomic mass is 32.1. The molecule has 3 heterocycles. The molecule has 0 fully saturated rings. The maximum atomic E-state index is 5.27. The Labute approximate surface area is 367 Å². The Balaban J connectivity index is 1.02. The smallest absolute Gasteiger partial charge is 0.164 e. The molecule has 0 saturated heterocycles. The lowest BCUT2D eigenvalue weighted by Gasteiger charge is -2.16. The molecule has 5 heteroatoms. The van der Waals surface area contributed by atoms with Gasteiger partial charge in [0.2, 0.25) is 0 Å². The second kappa shape index (κ2) is 15.3. The van der Waals surface area contributed by atoms with Crippen molar-refractivity contribution in [1.82, 2.24) is 15.0 Å². The van der Waals surface area contributed by atoms with E-state index in [4.69, 9.17) is 15.0 Å².